The molecule has 0 spiro atoms. The lowest BCUT2D eigenvalue weighted by Crippen LogP contribution is -2.11. The fourth-order valence-corrected chi connectivity index (χ4v) is 2.86. The zero-order chi connectivity index (χ0) is 6.41. The molecule has 0 heterocycles. The van der Waals surface area contributed by atoms with Crippen molar-refractivity contribution in [3.05, 3.63) is 0 Å². The van der Waals surface area contributed by atoms with Crippen LogP contribution < -0.4 is 0 Å². The fraction of sp³-hybridized carbons (Fsp3) is 1.00. The molecule has 0 amide bonds. The van der Waals surface area contributed by atoms with Crippen molar-refractivity contribution in [3.63, 3.8) is 0 Å². The molecule has 1 saturated carbocycles. The average molecular weight is 309 g/mol. The van der Waals surface area contributed by atoms with Crippen molar-refractivity contribution in [2.75, 3.05) is 6.61 Å². The first kappa shape index (κ1) is 7.51. The van der Waals surface area contributed by atoms with E-state index in [1.165, 1.54) is 0 Å². The smallest absolute Gasteiger partial charge is 0.0995 e. The summed E-state index contributed by atoms with van der Waals surface area (Å²) in [7, 11) is 0. The summed E-state index contributed by atoms with van der Waals surface area (Å²) in [6.45, 7) is 0.170. The van der Waals surface area contributed by atoms with E-state index in [0.29, 0.717) is 0 Å². The van der Waals surface area contributed by atoms with Gasteiger partial charge >= 0.3 is 0 Å². The Bertz CT molecular complexity index is 114. The second-order valence-electron chi connectivity index (χ2n) is 2.00. The van der Waals surface area contributed by atoms with Crippen LogP contribution in [0.5, 0.6) is 0 Å². The Hall–Kier alpha value is 1.40. The minimum atomic E-state index is -0.111. The van der Waals surface area contributed by atoms with Gasteiger partial charge in [0, 0.05) is 0 Å². The average Bonchev–Trinajstić information content (AvgIpc) is 2.10. The van der Waals surface area contributed by atoms with Crippen LogP contribution in [0.3, 0.4) is 0 Å². The van der Waals surface area contributed by atoms with Crippen molar-refractivity contribution >= 4 is 47.8 Å². The summed E-state index contributed by atoms with van der Waals surface area (Å²) in [4.78, 5) is 0. The van der Waals surface area contributed by atoms with Crippen LogP contribution in [0.1, 0.15) is 6.42 Å². The maximum absolute atomic E-state index is 8.69. The highest BCUT2D eigenvalue weighted by Gasteiger charge is 2.63. The summed E-state index contributed by atoms with van der Waals surface area (Å²) < 4.78 is -0.165. The molecule has 8 heavy (non-hydrogen) atoms. The monoisotopic (exact) mass is 306 g/mol. The number of hydrogen-bond acceptors (Lipinski definition) is 1. The number of aliphatic hydroxyl groups is 1. The van der Waals surface area contributed by atoms with Gasteiger partial charge in [0.1, 0.15) is 0 Å². The van der Waals surface area contributed by atoms with Crippen LogP contribution in [-0.4, -0.2) is 19.3 Å². The standard InChI is InChI=1S/C4H5Br3O/c5-3(2-8)1-4(3,6)7/h8H,1-2H2. The Labute approximate surface area is 73.2 Å². The third-order valence-electron chi connectivity index (χ3n) is 1.28. The van der Waals surface area contributed by atoms with Gasteiger partial charge in [0.2, 0.25) is 0 Å². The molecule has 1 nitrogen and oxygen atoms in total. The van der Waals surface area contributed by atoms with Crippen molar-refractivity contribution in [1.82, 2.24) is 0 Å². The van der Waals surface area contributed by atoms with Gasteiger partial charge in [-0.3, -0.25) is 0 Å². The van der Waals surface area contributed by atoms with E-state index < -0.39 is 0 Å². The molecule has 48 valence electrons. The molecule has 1 aliphatic rings. The number of alkyl halides is 3. The summed E-state index contributed by atoms with van der Waals surface area (Å²) in [5.41, 5.74) is 0. The highest BCUT2D eigenvalue weighted by Crippen LogP contribution is 2.64. The van der Waals surface area contributed by atoms with E-state index in [9.17, 15) is 0 Å². The third-order valence-corrected chi connectivity index (χ3v) is 5.63. The molecule has 1 fully saturated rings. The molecule has 0 aliphatic heterocycles. The first-order valence-corrected chi connectivity index (χ1v) is 4.57. The summed E-state index contributed by atoms with van der Waals surface area (Å²) in [5.74, 6) is 0. The van der Waals surface area contributed by atoms with E-state index in [1.54, 1.807) is 0 Å². The zero-order valence-corrected chi connectivity index (χ0v) is 8.75. The van der Waals surface area contributed by atoms with E-state index in [4.69, 9.17) is 5.11 Å². The summed E-state index contributed by atoms with van der Waals surface area (Å²) >= 11 is 10.1. The lowest BCUT2D eigenvalue weighted by atomic mass is 10.5. The van der Waals surface area contributed by atoms with Crippen molar-refractivity contribution in [2.24, 2.45) is 0 Å². The van der Waals surface area contributed by atoms with Gasteiger partial charge < -0.3 is 5.11 Å². The SMILES string of the molecule is OCC1(Br)CC1(Br)Br. The number of hydrogen-bond donors (Lipinski definition) is 1. The van der Waals surface area contributed by atoms with Gasteiger partial charge in [0.25, 0.3) is 0 Å². The Balaban J connectivity index is 2.55. The Morgan fingerprint density at radius 2 is 1.75 bits per heavy atom. The predicted molar refractivity (Wildman–Crippen MR) is 43.9 cm³/mol. The molecule has 0 radical (unpaired) electrons. The van der Waals surface area contributed by atoms with Crippen LogP contribution in [0.15, 0.2) is 0 Å². The molecule has 1 rings (SSSR count). The Kier molecular flexibility index (Phi) is 1.82. The summed E-state index contributed by atoms with van der Waals surface area (Å²) in [6, 6.07) is 0. The van der Waals surface area contributed by atoms with Crippen LogP contribution in [0.25, 0.3) is 0 Å². The van der Waals surface area contributed by atoms with Gasteiger partial charge in [0.15, 0.2) is 0 Å². The van der Waals surface area contributed by atoms with Crippen LogP contribution in [-0.2, 0) is 0 Å². The summed E-state index contributed by atoms with van der Waals surface area (Å²) in [5, 5.41) is 8.69. The van der Waals surface area contributed by atoms with Gasteiger partial charge in [0.05, 0.1) is 14.2 Å². The lowest BCUT2D eigenvalue weighted by molar-refractivity contribution is 0.291. The van der Waals surface area contributed by atoms with Crippen LogP contribution in [0.4, 0.5) is 0 Å². The van der Waals surface area contributed by atoms with E-state index in [2.05, 4.69) is 47.8 Å². The van der Waals surface area contributed by atoms with Crippen molar-refractivity contribution in [2.45, 2.75) is 14.0 Å². The molecule has 0 bridgehead atoms. The second-order valence-corrected chi connectivity index (χ2v) is 7.29. The van der Waals surface area contributed by atoms with Crippen molar-refractivity contribution in [3.8, 4) is 0 Å². The minimum absolute atomic E-state index is 0.0538. The molecule has 1 atom stereocenters. The van der Waals surface area contributed by atoms with Gasteiger partial charge in [-0.15, -0.1) is 0 Å². The Morgan fingerprint density at radius 1 is 1.38 bits per heavy atom. The third kappa shape index (κ3) is 1.00. The van der Waals surface area contributed by atoms with E-state index in [1.807, 2.05) is 0 Å². The van der Waals surface area contributed by atoms with Crippen molar-refractivity contribution in [1.29, 1.82) is 0 Å². The highest BCUT2D eigenvalue weighted by molar-refractivity contribution is 9.26. The van der Waals surface area contributed by atoms with Gasteiger partial charge in [-0.2, -0.15) is 0 Å². The molecule has 0 aromatic heterocycles. The number of halogens is 3. The first-order chi connectivity index (χ1) is 3.52. The molecule has 0 aromatic carbocycles. The molecule has 0 aromatic rings. The summed E-state index contributed by atoms with van der Waals surface area (Å²) in [6.07, 6.45) is 0.927. The quantitative estimate of drug-likeness (QED) is 0.735. The van der Waals surface area contributed by atoms with Gasteiger partial charge in [-0.05, 0) is 6.42 Å². The zero-order valence-electron chi connectivity index (χ0n) is 4.00. The van der Waals surface area contributed by atoms with Crippen molar-refractivity contribution < 1.29 is 5.11 Å². The largest absolute Gasteiger partial charge is 0.395 e. The Morgan fingerprint density at radius 3 is 1.75 bits per heavy atom. The number of rotatable bonds is 1. The molecular formula is C4H5Br3O. The maximum atomic E-state index is 8.69. The second kappa shape index (κ2) is 1.94. The molecule has 4 heteroatoms. The maximum Gasteiger partial charge on any atom is 0.0995 e. The highest BCUT2D eigenvalue weighted by atomic mass is 79.9. The number of aliphatic hydroxyl groups excluding tert-OH is 1. The molecule has 1 aliphatic carbocycles. The predicted octanol–water partition coefficient (Wildman–Crippen LogP) is 2.00. The fourth-order valence-electron chi connectivity index (χ4n) is 0.479. The minimum Gasteiger partial charge on any atom is -0.395 e. The van der Waals surface area contributed by atoms with Crippen LogP contribution in [0, 0.1) is 0 Å². The molecule has 1 N–H and O–H groups in total. The van der Waals surface area contributed by atoms with Gasteiger partial charge in [-0.25, -0.2) is 0 Å². The van der Waals surface area contributed by atoms with Gasteiger partial charge in [-0.1, -0.05) is 47.8 Å². The topological polar surface area (TPSA) is 20.2 Å². The van der Waals surface area contributed by atoms with E-state index in [0.717, 1.165) is 6.42 Å². The van der Waals surface area contributed by atoms with Crippen LogP contribution in [0.2, 0.25) is 0 Å². The van der Waals surface area contributed by atoms with Crippen LogP contribution >= 0.6 is 47.8 Å². The molecule has 1 unspecified atom stereocenters. The van der Waals surface area contributed by atoms with E-state index >= 15 is 0 Å². The first-order valence-electron chi connectivity index (χ1n) is 2.19. The van der Waals surface area contributed by atoms with E-state index in [-0.39, 0.29) is 14.2 Å². The molecular weight excluding hydrogens is 304 g/mol. The molecule has 0 saturated heterocycles. The lowest BCUT2D eigenvalue weighted by Gasteiger charge is -2.03. The normalized spacial score (nSPS) is 42.0.